The Morgan fingerprint density at radius 2 is 2.28 bits per heavy atom. The summed E-state index contributed by atoms with van der Waals surface area (Å²) in [5.74, 6) is 0.0516. The first-order valence-electron chi connectivity index (χ1n) is 8.97. The van der Waals surface area contributed by atoms with E-state index in [9.17, 15) is 4.79 Å². The molecule has 1 amide bonds. The lowest BCUT2D eigenvalue weighted by Gasteiger charge is -2.39. The first-order valence-corrected chi connectivity index (χ1v) is 8.97. The van der Waals surface area contributed by atoms with Crippen LogP contribution < -0.4 is 5.32 Å². The molecule has 1 aromatic heterocycles. The first kappa shape index (κ1) is 20.2. The van der Waals surface area contributed by atoms with Gasteiger partial charge in [-0.05, 0) is 32.4 Å². The number of hydrogen-bond acceptors (Lipinski definition) is 5. The number of hydrogen-bond donors (Lipinski definition) is 1. The molecule has 0 aromatic carbocycles. The van der Waals surface area contributed by atoms with E-state index >= 15 is 0 Å². The van der Waals surface area contributed by atoms with Gasteiger partial charge in [0.1, 0.15) is 5.69 Å². The van der Waals surface area contributed by atoms with Crippen LogP contribution >= 0.6 is 12.4 Å². The monoisotopic (exact) mass is 371 g/mol. The van der Waals surface area contributed by atoms with Crippen molar-refractivity contribution in [2.75, 3.05) is 53.0 Å². The van der Waals surface area contributed by atoms with E-state index in [2.05, 4.69) is 22.2 Å². The number of aromatic nitrogens is 2. The van der Waals surface area contributed by atoms with Gasteiger partial charge in [0.15, 0.2) is 0 Å². The van der Waals surface area contributed by atoms with Gasteiger partial charge in [-0.2, -0.15) is 5.10 Å². The fraction of sp³-hybridized carbons (Fsp3) is 0.765. The van der Waals surface area contributed by atoms with E-state index < -0.39 is 0 Å². The van der Waals surface area contributed by atoms with Crippen LogP contribution in [0.4, 0.5) is 0 Å². The van der Waals surface area contributed by atoms with Crippen LogP contribution in [0.1, 0.15) is 36.3 Å². The number of rotatable bonds is 5. The van der Waals surface area contributed by atoms with Crippen molar-refractivity contribution in [3.8, 4) is 0 Å². The zero-order valence-electron chi connectivity index (χ0n) is 15.2. The van der Waals surface area contributed by atoms with Crippen LogP contribution in [0.3, 0.4) is 0 Å². The van der Waals surface area contributed by atoms with Gasteiger partial charge in [0.05, 0.1) is 12.6 Å². The number of ether oxygens (including phenoxy) is 1. The fourth-order valence-corrected chi connectivity index (χ4v) is 3.60. The number of methoxy groups -OCH3 is 1. The average Bonchev–Trinajstić information content (AvgIpc) is 3.11. The number of halogens is 1. The van der Waals surface area contributed by atoms with Crippen LogP contribution in [0.15, 0.2) is 12.3 Å². The van der Waals surface area contributed by atoms with E-state index in [0.717, 1.165) is 58.7 Å². The molecule has 0 radical (unpaired) electrons. The standard InChI is InChI=1S/C17H29N5O2.ClH/c1-14-13-21(9-8-20(14)10-11-24-2)17(23)16-5-7-22(19-16)15-4-3-6-18-12-15;/h5,7,14-15,18H,3-4,6,8-13H2,1-2H3;1H. The Morgan fingerprint density at radius 3 is 2.96 bits per heavy atom. The van der Waals surface area contributed by atoms with E-state index in [1.807, 2.05) is 21.8 Å². The van der Waals surface area contributed by atoms with E-state index in [4.69, 9.17) is 4.74 Å². The number of carbonyl (C=O) groups is 1. The van der Waals surface area contributed by atoms with E-state index in [1.165, 1.54) is 0 Å². The average molecular weight is 372 g/mol. The highest BCUT2D eigenvalue weighted by Gasteiger charge is 2.28. The van der Waals surface area contributed by atoms with E-state index in [1.54, 1.807) is 7.11 Å². The molecular weight excluding hydrogens is 342 g/mol. The lowest BCUT2D eigenvalue weighted by atomic mass is 10.1. The molecule has 0 spiro atoms. The molecule has 2 saturated heterocycles. The fourth-order valence-electron chi connectivity index (χ4n) is 3.60. The minimum Gasteiger partial charge on any atom is -0.383 e. The van der Waals surface area contributed by atoms with Gasteiger partial charge in [-0.25, -0.2) is 0 Å². The number of piperazine rings is 1. The van der Waals surface area contributed by atoms with Crippen molar-refractivity contribution < 1.29 is 9.53 Å². The number of piperidine rings is 1. The molecule has 2 aliphatic heterocycles. The summed E-state index contributed by atoms with van der Waals surface area (Å²) in [5, 5.41) is 7.95. The molecule has 142 valence electrons. The maximum Gasteiger partial charge on any atom is 0.274 e. The molecule has 25 heavy (non-hydrogen) atoms. The Morgan fingerprint density at radius 1 is 1.44 bits per heavy atom. The Bertz CT molecular complexity index is 547. The molecule has 2 aliphatic rings. The second kappa shape index (κ2) is 9.52. The summed E-state index contributed by atoms with van der Waals surface area (Å²) in [6, 6.07) is 2.58. The highest BCUT2D eigenvalue weighted by Crippen LogP contribution is 2.17. The number of amides is 1. The molecular formula is C17H30ClN5O2. The third-order valence-corrected chi connectivity index (χ3v) is 5.11. The summed E-state index contributed by atoms with van der Waals surface area (Å²) in [5.41, 5.74) is 0.568. The van der Waals surface area contributed by atoms with Crippen molar-refractivity contribution in [1.82, 2.24) is 24.9 Å². The third-order valence-electron chi connectivity index (χ3n) is 5.11. The van der Waals surface area contributed by atoms with Gasteiger partial charge in [0.25, 0.3) is 5.91 Å². The normalized spacial score (nSPS) is 24.8. The van der Waals surface area contributed by atoms with Crippen molar-refractivity contribution in [2.45, 2.75) is 31.8 Å². The van der Waals surface area contributed by atoms with E-state index in [0.29, 0.717) is 17.8 Å². The quantitative estimate of drug-likeness (QED) is 0.837. The van der Waals surface area contributed by atoms with Gasteiger partial charge in [-0.1, -0.05) is 0 Å². The maximum atomic E-state index is 12.8. The second-order valence-corrected chi connectivity index (χ2v) is 6.81. The summed E-state index contributed by atoms with van der Waals surface area (Å²) in [4.78, 5) is 17.1. The zero-order valence-corrected chi connectivity index (χ0v) is 16.0. The van der Waals surface area contributed by atoms with Crippen LogP contribution in [0.5, 0.6) is 0 Å². The first-order chi connectivity index (χ1) is 11.7. The van der Waals surface area contributed by atoms with Gasteiger partial charge >= 0.3 is 0 Å². The minimum absolute atomic E-state index is 0. The van der Waals surface area contributed by atoms with Crippen LogP contribution in [0, 0.1) is 0 Å². The molecule has 1 N–H and O–H groups in total. The minimum atomic E-state index is 0. The van der Waals surface area contributed by atoms with Crippen molar-refractivity contribution in [3.05, 3.63) is 18.0 Å². The van der Waals surface area contributed by atoms with Crippen LogP contribution in [0.2, 0.25) is 0 Å². The van der Waals surface area contributed by atoms with Crippen LogP contribution in [-0.4, -0.2) is 84.5 Å². The molecule has 2 atom stereocenters. The molecule has 0 saturated carbocycles. The SMILES string of the molecule is COCCN1CCN(C(=O)c2ccn(C3CCCNC3)n2)CC1C.Cl. The largest absolute Gasteiger partial charge is 0.383 e. The van der Waals surface area contributed by atoms with E-state index in [-0.39, 0.29) is 18.3 Å². The highest BCUT2D eigenvalue weighted by molar-refractivity contribution is 5.92. The Kier molecular flexibility index (Phi) is 7.68. The van der Waals surface area contributed by atoms with Crippen molar-refractivity contribution in [1.29, 1.82) is 0 Å². The lowest BCUT2D eigenvalue weighted by Crippen LogP contribution is -2.54. The Balaban J connectivity index is 0.00000225. The predicted molar refractivity (Wildman–Crippen MR) is 99.4 cm³/mol. The molecule has 7 nitrogen and oxygen atoms in total. The summed E-state index contributed by atoms with van der Waals surface area (Å²) < 4.78 is 7.11. The van der Waals surface area contributed by atoms with Gasteiger partial charge < -0.3 is 15.0 Å². The summed E-state index contributed by atoms with van der Waals surface area (Å²) >= 11 is 0. The van der Waals surface area contributed by atoms with Gasteiger partial charge in [0, 0.05) is 52.1 Å². The molecule has 2 fully saturated rings. The highest BCUT2D eigenvalue weighted by atomic mass is 35.5. The Labute approximate surface area is 156 Å². The van der Waals surface area contributed by atoms with Crippen molar-refractivity contribution >= 4 is 18.3 Å². The molecule has 2 unspecified atom stereocenters. The third kappa shape index (κ3) is 4.94. The molecule has 8 heteroatoms. The molecule has 0 aliphatic carbocycles. The van der Waals surface area contributed by atoms with Crippen molar-refractivity contribution in [2.24, 2.45) is 0 Å². The molecule has 3 rings (SSSR count). The molecule has 3 heterocycles. The maximum absolute atomic E-state index is 12.8. The zero-order chi connectivity index (χ0) is 16.9. The van der Waals surface area contributed by atoms with Crippen LogP contribution in [-0.2, 0) is 4.74 Å². The second-order valence-electron chi connectivity index (χ2n) is 6.81. The summed E-state index contributed by atoms with van der Waals surface area (Å²) in [7, 11) is 1.72. The summed E-state index contributed by atoms with van der Waals surface area (Å²) in [6.07, 6.45) is 4.23. The number of carbonyl (C=O) groups excluding carboxylic acids is 1. The summed E-state index contributed by atoms with van der Waals surface area (Å²) in [6.45, 7) is 8.23. The van der Waals surface area contributed by atoms with Gasteiger partial charge in [-0.15, -0.1) is 12.4 Å². The van der Waals surface area contributed by atoms with Crippen molar-refractivity contribution in [3.63, 3.8) is 0 Å². The topological polar surface area (TPSA) is 62.6 Å². The van der Waals surface area contributed by atoms with Gasteiger partial charge in [-0.3, -0.25) is 14.4 Å². The predicted octanol–water partition coefficient (Wildman–Crippen LogP) is 1.02. The van der Waals surface area contributed by atoms with Crippen LogP contribution in [0.25, 0.3) is 0 Å². The number of nitrogens with zero attached hydrogens (tertiary/aromatic N) is 4. The lowest BCUT2D eigenvalue weighted by molar-refractivity contribution is 0.0429. The van der Waals surface area contributed by atoms with Gasteiger partial charge in [0.2, 0.25) is 0 Å². The molecule has 1 aromatic rings. The number of nitrogens with one attached hydrogen (secondary N) is 1. The molecule has 0 bridgehead atoms. The Hall–Kier alpha value is -1.15. The smallest absolute Gasteiger partial charge is 0.274 e.